The highest BCUT2D eigenvalue weighted by Gasteiger charge is 2.29. The van der Waals surface area contributed by atoms with Gasteiger partial charge < -0.3 is 14.8 Å². The summed E-state index contributed by atoms with van der Waals surface area (Å²) in [7, 11) is 0. The Morgan fingerprint density at radius 2 is 2.21 bits per heavy atom. The number of hydrogen-bond donors (Lipinski definition) is 1. The van der Waals surface area contributed by atoms with E-state index in [2.05, 4.69) is 54.0 Å². The zero-order chi connectivity index (χ0) is 16.7. The van der Waals surface area contributed by atoms with Crippen molar-refractivity contribution in [3.05, 3.63) is 25.1 Å². The van der Waals surface area contributed by atoms with Crippen molar-refractivity contribution < 1.29 is 4.92 Å². The number of piperazine rings is 1. The number of rotatable bonds is 3. The van der Waals surface area contributed by atoms with Crippen molar-refractivity contribution in [1.82, 2.24) is 14.9 Å². The van der Waals surface area contributed by atoms with Crippen LogP contribution in [0.15, 0.2) is 15.0 Å². The van der Waals surface area contributed by atoms with Crippen LogP contribution in [0.3, 0.4) is 0 Å². The van der Waals surface area contributed by atoms with Gasteiger partial charge in [0.2, 0.25) is 5.95 Å². The van der Waals surface area contributed by atoms with Gasteiger partial charge >= 0.3 is 5.69 Å². The highest BCUT2D eigenvalue weighted by molar-refractivity contribution is 9.13. The van der Waals surface area contributed by atoms with E-state index in [0.29, 0.717) is 21.0 Å². The van der Waals surface area contributed by atoms with Gasteiger partial charge in [-0.3, -0.25) is 10.1 Å². The third-order valence-electron chi connectivity index (χ3n) is 4.15. The summed E-state index contributed by atoms with van der Waals surface area (Å²) in [5.41, 5.74) is 1.20. The largest absolute Gasteiger partial charge is 0.337 e. The molecular weight excluding hydrogens is 465 g/mol. The monoisotopic (exact) mass is 481 g/mol. The SMILES string of the molecule is CCn1c(N2CCNCC2C)nc2c([N+](=O)[O-])c(Br)c(Br)cc21.Cl. The Hall–Kier alpha value is -0.900. The number of benzene rings is 1. The molecule has 132 valence electrons. The summed E-state index contributed by atoms with van der Waals surface area (Å²) in [4.78, 5) is 18.0. The summed E-state index contributed by atoms with van der Waals surface area (Å²) in [5, 5.41) is 14.9. The molecule has 1 aliphatic heterocycles. The summed E-state index contributed by atoms with van der Waals surface area (Å²) in [5.74, 6) is 0.796. The van der Waals surface area contributed by atoms with Crippen molar-refractivity contribution in [3.63, 3.8) is 0 Å². The van der Waals surface area contributed by atoms with Gasteiger partial charge in [-0.25, -0.2) is 4.98 Å². The molecule has 1 unspecified atom stereocenters. The number of nitrogens with one attached hydrogen (secondary N) is 1. The van der Waals surface area contributed by atoms with Crippen LogP contribution in [0.2, 0.25) is 0 Å². The molecule has 0 aliphatic carbocycles. The van der Waals surface area contributed by atoms with E-state index in [9.17, 15) is 10.1 Å². The molecule has 1 aliphatic rings. The van der Waals surface area contributed by atoms with Crippen molar-refractivity contribution >= 4 is 66.9 Å². The Kier molecular flexibility index (Phi) is 6.11. The third kappa shape index (κ3) is 3.14. The molecule has 2 aromatic rings. The van der Waals surface area contributed by atoms with Gasteiger partial charge in [0.25, 0.3) is 0 Å². The first kappa shape index (κ1) is 19.4. The normalized spacial score (nSPS) is 17.8. The van der Waals surface area contributed by atoms with Crippen molar-refractivity contribution in [3.8, 4) is 0 Å². The average Bonchev–Trinajstić information content (AvgIpc) is 2.85. The Morgan fingerprint density at radius 1 is 1.50 bits per heavy atom. The Labute approximate surface area is 162 Å². The minimum Gasteiger partial charge on any atom is -0.337 e. The van der Waals surface area contributed by atoms with Crippen LogP contribution in [0.4, 0.5) is 11.6 Å². The average molecular weight is 484 g/mol. The molecule has 1 aromatic carbocycles. The zero-order valence-electron chi connectivity index (χ0n) is 13.3. The first-order valence-electron chi connectivity index (χ1n) is 7.45. The Bertz CT molecular complexity index is 782. The van der Waals surface area contributed by atoms with Gasteiger partial charge in [0.15, 0.2) is 5.52 Å². The molecule has 1 fully saturated rings. The van der Waals surface area contributed by atoms with Crippen LogP contribution < -0.4 is 10.2 Å². The van der Waals surface area contributed by atoms with Gasteiger partial charge in [-0.05, 0) is 51.8 Å². The zero-order valence-corrected chi connectivity index (χ0v) is 17.2. The molecule has 1 atom stereocenters. The number of fused-ring (bicyclic) bond motifs is 1. The van der Waals surface area contributed by atoms with E-state index >= 15 is 0 Å². The predicted molar refractivity (Wildman–Crippen MR) is 104 cm³/mol. The van der Waals surface area contributed by atoms with Gasteiger partial charge in [0, 0.05) is 36.7 Å². The van der Waals surface area contributed by atoms with Crippen LogP contribution >= 0.6 is 44.3 Å². The van der Waals surface area contributed by atoms with Crippen LogP contribution in [-0.4, -0.2) is 40.2 Å². The fourth-order valence-corrected chi connectivity index (χ4v) is 3.86. The summed E-state index contributed by atoms with van der Waals surface area (Å²) in [6, 6.07) is 2.18. The molecule has 1 N–H and O–H groups in total. The lowest BCUT2D eigenvalue weighted by Crippen LogP contribution is -2.50. The van der Waals surface area contributed by atoms with Gasteiger partial charge in [-0.2, -0.15) is 0 Å². The van der Waals surface area contributed by atoms with Crippen LogP contribution in [-0.2, 0) is 6.54 Å². The fraction of sp³-hybridized carbons (Fsp3) is 0.500. The number of imidazole rings is 1. The summed E-state index contributed by atoms with van der Waals surface area (Å²) >= 11 is 6.70. The van der Waals surface area contributed by atoms with Crippen LogP contribution in [0.5, 0.6) is 0 Å². The number of aromatic nitrogens is 2. The Balaban J connectivity index is 0.00000208. The Morgan fingerprint density at radius 3 is 2.79 bits per heavy atom. The topological polar surface area (TPSA) is 76.2 Å². The molecule has 0 radical (unpaired) electrons. The van der Waals surface area contributed by atoms with Crippen LogP contribution in [0.25, 0.3) is 11.0 Å². The number of anilines is 1. The first-order valence-corrected chi connectivity index (χ1v) is 9.04. The number of aryl methyl sites for hydroxylation is 1. The molecule has 1 aromatic heterocycles. The highest BCUT2D eigenvalue weighted by Crippen LogP contribution is 2.40. The minimum absolute atomic E-state index is 0. The molecule has 0 amide bonds. The molecule has 2 heterocycles. The van der Waals surface area contributed by atoms with Crippen molar-refractivity contribution in [2.45, 2.75) is 26.4 Å². The molecule has 0 saturated carbocycles. The molecule has 0 spiro atoms. The van der Waals surface area contributed by atoms with E-state index in [-0.39, 0.29) is 29.1 Å². The van der Waals surface area contributed by atoms with Gasteiger partial charge in [0.05, 0.1) is 10.4 Å². The molecule has 0 bridgehead atoms. The smallest absolute Gasteiger partial charge is 0.312 e. The third-order valence-corrected chi connectivity index (χ3v) is 6.11. The van der Waals surface area contributed by atoms with E-state index in [4.69, 9.17) is 0 Å². The maximum Gasteiger partial charge on any atom is 0.312 e. The van der Waals surface area contributed by atoms with E-state index in [1.165, 1.54) is 0 Å². The molecule has 10 heteroatoms. The second kappa shape index (κ2) is 7.55. The second-order valence-electron chi connectivity index (χ2n) is 5.55. The maximum absolute atomic E-state index is 11.5. The van der Waals surface area contributed by atoms with Crippen LogP contribution in [0, 0.1) is 10.1 Å². The number of nitro groups is 1. The van der Waals surface area contributed by atoms with Crippen molar-refractivity contribution in [1.29, 1.82) is 0 Å². The lowest BCUT2D eigenvalue weighted by atomic mass is 10.2. The van der Waals surface area contributed by atoms with E-state index in [0.717, 1.165) is 31.1 Å². The number of nitrogens with zero attached hydrogens (tertiary/aromatic N) is 4. The fourth-order valence-electron chi connectivity index (χ4n) is 3.01. The van der Waals surface area contributed by atoms with Crippen molar-refractivity contribution in [2.24, 2.45) is 0 Å². The van der Waals surface area contributed by atoms with E-state index in [1.54, 1.807) is 0 Å². The number of hydrogen-bond acceptors (Lipinski definition) is 5. The number of nitro benzene ring substituents is 1. The first-order chi connectivity index (χ1) is 11.0. The quantitative estimate of drug-likeness (QED) is 0.532. The summed E-state index contributed by atoms with van der Waals surface area (Å²) in [6.07, 6.45) is 0. The van der Waals surface area contributed by atoms with E-state index < -0.39 is 0 Å². The molecule has 24 heavy (non-hydrogen) atoms. The van der Waals surface area contributed by atoms with Crippen LogP contribution in [0.1, 0.15) is 13.8 Å². The number of halogens is 3. The highest BCUT2D eigenvalue weighted by atomic mass is 79.9. The van der Waals surface area contributed by atoms with Gasteiger partial charge in [-0.15, -0.1) is 12.4 Å². The lowest BCUT2D eigenvalue weighted by molar-refractivity contribution is -0.384. The standard InChI is InChI=1S/C14H17Br2N5O2.ClH/c1-3-19-10-6-9(15)11(16)13(21(22)23)12(10)18-14(19)20-5-4-17-7-8(20)2;/h6,8,17H,3-5,7H2,1-2H3;1H. The summed E-state index contributed by atoms with van der Waals surface area (Å²) < 4.78 is 3.13. The molecule has 1 saturated heterocycles. The lowest BCUT2D eigenvalue weighted by Gasteiger charge is -2.34. The second-order valence-corrected chi connectivity index (χ2v) is 7.20. The van der Waals surface area contributed by atoms with Gasteiger partial charge in [-0.1, -0.05) is 0 Å². The maximum atomic E-state index is 11.5. The summed E-state index contributed by atoms with van der Waals surface area (Å²) in [6.45, 7) is 7.45. The molecule has 7 nitrogen and oxygen atoms in total. The minimum atomic E-state index is -0.380. The van der Waals surface area contributed by atoms with Crippen molar-refractivity contribution in [2.75, 3.05) is 24.5 Å². The molecular formula is C14H18Br2ClN5O2. The van der Waals surface area contributed by atoms with Gasteiger partial charge in [0.1, 0.15) is 4.47 Å². The predicted octanol–water partition coefficient (Wildman–Crippen LogP) is 3.71. The molecule has 3 rings (SSSR count). The van der Waals surface area contributed by atoms with E-state index in [1.807, 2.05) is 17.6 Å².